The molecule has 2 N–H and O–H groups in total. The summed E-state index contributed by atoms with van der Waals surface area (Å²) in [5.41, 5.74) is 9.83. The number of nitrogens with two attached hydrogens (primary N) is 1. The summed E-state index contributed by atoms with van der Waals surface area (Å²) in [5.74, 6) is 0.453. The van der Waals surface area contributed by atoms with Crippen molar-refractivity contribution in [1.82, 2.24) is 9.88 Å². The fourth-order valence-corrected chi connectivity index (χ4v) is 2.85. The maximum atomic E-state index is 12.6. The number of nitrogen functional groups attached to an aromatic ring is 1. The molecule has 0 fully saturated rings. The predicted molar refractivity (Wildman–Crippen MR) is 90.1 cm³/mol. The number of ether oxygens (including phenoxy) is 1. The number of rotatable bonds is 4. The second-order valence-corrected chi connectivity index (χ2v) is 5.55. The van der Waals surface area contributed by atoms with Crippen molar-refractivity contribution in [2.75, 3.05) is 19.4 Å². The van der Waals surface area contributed by atoms with Gasteiger partial charge < -0.3 is 15.4 Å². The molecule has 0 saturated heterocycles. The van der Waals surface area contributed by atoms with Gasteiger partial charge in [0.2, 0.25) is 0 Å². The van der Waals surface area contributed by atoms with Crippen LogP contribution in [0, 0.1) is 11.3 Å². The zero-order chi connectivity index (χ0) is 17.3. The third-order valence-electron chi connectivity index (χ3n) is 3.99. The molecule has 1 aliphatic rings. The number of carbonyl (C=O) groups is 1. The average Bonchev–Trinajstić information content (AvgIpc) is 2.92. The van der Waals surface area contributed by atoms with E-state index in [2.05, 4.69) is 11.6 Å². The van der Waals surface area contributed by atoms with Gasteiger partial charge in [0.15, 0.2) is 0 Å². The number of amides is 1. The molecule has 1 aliphatic heterocycles. The molecule has 0 spiro atoms. The predicted octanol–water partition coefficient (Wildman–Crippen LogP) is 2.37. The van der Waals surface area contributed by atoms with Crippen molar-refractivity contribution in [1.29, 1.82) is 5.26 Å². The van der Waals surface area contributed by atoms with Crippen LogP contribution in [-0.4, -0.2) is 29.4 Å². The third kappa shape index (κ3) is 2.57. The lowest BCUT2D eigenvalue weighted by atomic mass is 9.97. The number of methoxy groups -OCH3 is 1. The van der Waals surface area contributed by atoms with E-state index < -0.39 is 0 Å². The van der Waals surface area contributed by atoms with E-state index in [9.17, 15) is 4.79 Å². The number of hydrogen-bond acceptors (Lipinski definition) is 5. The number of nitrogens with zero attached hydrogens (tertiary/aromatic N) is 3. The van der Waals surface area contributed by atoms with E-state index in [0.717, 1.165) is 16.7 Å². The Morgan fingerprint density at radius 3 is 3.00 bits per heavy atom. The summed E-state index contributed by atoms with van der Waals surface area (Å²) < 4.78 is 5.22. The minimum absolute atomic E-state index is 0.184. The van der Waals surface area contributed by atoms with Gasteiger partial charge in [-0.05, 0) is 23.3 Å². The standard InChI is InChI=1S/C18H16N4O2/c1-11(6-19)9-22-10-15-14(3-4-16(20)17(15)18(22)23)12-5-13(24-2)8-21-7-12/h3-5,7-8H,1,9-10,20H2,2H3. The number of hydrogen-bond donors (Lipinski definition) is 1. The molecule has 3 rings (SSSR count). The largest absolute Gasteiger partial charge is 0.495 e. The van der Waals surface area contributed by atoms with E-state index in [1.165, 1.54) is 0 Å². The molecule has 1 aromatic heterocycles. The zero-order valence-electron chi connectivity index (χ0n) is 13.2. The molecule has 1 amide bonds. The highest BCUT2D eigenvalue weighted by atomic mass is 16.5. The van der Waals surface area contributed by atoms with Gasteiger partial charge in [-0.3, -0.25) is 9.78 Å². The molecular formula is C18H16N4O2. The van der Waals surface area contributed by atoms with Crippen molar-refractivity contribution in [3.8, 4) is 22.9 Å². The second-order valence-electron chi connectivity index (χ2n) is 5.55. The highest BCUT2D eigenvalue weighted by Crippen LogP contribution is 2.36. The molecule has 0 bridgehead atoms. The van der Waals surface area contributed by atoms with Crippen LogP contribution in [0.1, 0.15) is 15.9 Å². The molecule has 0 unspecified atom stereocenters. The number of nitriles is 1. The lowest BCUT2D eigenvalue weighted by molar-refractivity contribution is 0.0795. The zero-order valence-corrected chi connectivity index (χ0v) is 13.2. The van der Waals surface area contributed by atoms with Crippen molar-refractivity contribution < 1.29 is 9.53 Å². The van der Waals surface area contributed by atoms with E-state index in [0.29, 0.717) is 29.1 Å². The van der Waals surface area contributed by atoms with Crippen molar-refractivity contribution in [3.63, 3.8) is 0 Å². The van der Waals surface area contributed by atoms with E-state index in [1.807, 2.05) is 18.2 Å². The number of aromatic nitrogens is 1. The lowest BCUT2D eigenvalue weighted by Crippen LogP contribution is -2.26. The molecule has 1 aromatic carbocycles. The smallest absolute Gasteiger partial charge is 0.256 e. The van der Waals surface area contributed by atoms with Crippen LogP contribution in [0.2, 0.25) is 0 Å². The van der Waals surface area contributed by atoms with E-state index in [-0.39, 0.29) is 12.5 Å². The van der Waals surface area contributed by atoms with Gasteiger partial charge >= 0.3 is 0 Å². The second kappa shape index (κ2) is 6.05. The first-order valence-corrected chi connectivity index (χ1v) is 7.33. The summed E-state index contributed by atoms with van der Waals surface area (Å²) in [5, 5.41) is 8.91. The fraction of sp³-hybridized carbons (Fsp3) is 0.167. The van der Waals surface area contributed by atoms with E-state index in [4.69, 9.17) is 15.7 Å². The Morgan fingerprint density at radius 1 is 1.50 bits per heavy atom. The summed E-state index contributed by atoms with van der Waals surface area (Å²) in [6.07, 6.45) is 3.34. The normalized spacial score (nSPS) is 12.7. The molecular weight excluding hydrogens is 304 g/mol. The molecule has 2 aromatic rings. The summed E-state index contributed by atoms with van der Waals surface area (Å²) in [7, 11) is 1.58. The van der Waals surface area contributed by atoms with Gasteiger partial charge in [-0.15, -0.1) is 0 Å². The van der Waals surface area contributed by atoms with Gasteiger partial charge in [0.05, 0.1) is 31.5 Å². The molecule has 120 valence electrons. The van der Waals surface area contributed by atoms with E-state index in [1.54, 1.807) is 30.5 Å². The average molecular weight is 320 g/mol. The Bertz CT molecular complexity index is 883. The van der Waals surface area contributed by atoms with Crippen LogP contribution in [0.15, 0.2) is 42.7 Å². The number of anilines is 1. The number of pyridine rings is 1. The topological polar surface area (TPSA) is 92.2 Å². The number of fused-ring (bicyclic) bond motifs is 1. The number of benzene rings is 1. The quantitative estimate of drug-likeness (QED) is 0.689. The first-order chi connectivity index (χ1) is 11.5. The van der Waals surface area contributed by atoms with Gasteiger partial charge in [-0.25, -0.2) is 0 Å². The number of carbonyl (C=O) groups excluding carboxylic acids is 1. The Morgan fingerprint density at radius 2 is 2.29 bits per heavy atom. The first-order valence-electron chi connectivity index (χ1n) is 7.33. The monoisotopic (exact) mass is 320 g/mol. The van der Waals surface area contributed by atoms with Crippen molar-refractivity contribution in [2.45, 2.75) is 6.54 Å². The van der Waals surface area contributed by atoms with Crippen LogP contribution in [-0.2, 0) is 6.54 Å². The summed E-state index contributed by atoms with van der Waals surface area (Å²) >= 11 is 0. The molecule has 2 heterocycles. The van der Waals surface area contributed by atoms with Gasteiger partial charge in [0.1, 0.15) is 5.75 Å². The lowest BCUT2D eigenvalue weighted by Gasteiger charge is -2.14. The Kier molecular flexibility index (Phi) is 3.92. The van der Waals surface area contributed by atoms with Gasteiger partial charge in [-0.2, -0.15) is 5.26 Å². The molecule has 6 heteroatoms. The van der Waals surface area contributed by atoms with E-state index >= 15 is 0 Å². The Labute approximate surface area is 139 Å². The SMILES string of the molecule is C=C(C#N)CN1Cc2c(-c3cncc(OC)c3)ccc(N)c2C1=O. The van der Waals surface area contributed by atoms with Gasteiger partial charge in [-0.1, -0.05) is 12.6 Å². The highest BCUT2D eigenvalue weighted by Gasteiger charge is 2.32. The summed E-state index contributed by atoms with van der Waals surface area (Å²) in [6.45, 7) is 4.22. The molecule has 0 radical (unpaired) electrons. The maximum absolute atomic E-state index is 12.6. The Balaban J connectivity index is 2.07. The van der Waals surface area contributed by atoms with Crippen LogP contribution in [0.5, 0.6) is 5.75 Å². The van der Waals surface area contributed by atoms with Crippen molar-refractivity contribution in [2.24, 2.45) is 0 Å². The molecule has 6 nitrogen and oxygen atoms in total. The van der Waals surface area contributed by atoms with Crippen LogP contribution in [0.3, 0.4) is 0 Å². The molecule has 24 heavy (non-hydrogen) atoms. The fourth-order valence-electron chi connectivity index (χ4n) is 2.85. The maximum Gasteiger partial charge on any atom is 0.256 e. The highest BCUT2D eigenvalue weighted by molar-refractivity contribution is 6.05. The third-order valence-corrected chi connectivity index (χ3v) is 3.99. The molecule has 0 saturated carbocycles. The Hall–Kier alpha value is -3.33. The van der Waals surface area contributed by atoms with Crippen LogP contribution >= 0.6 is 0 Å². The first kappa shape index (κ1) is 15.6. The van der Waals surface area contributed by atoms with Gasteiger partial charge in [0, 0.05) is 29.6 Å². The van der Waals surface area contributed by atoms with Crippen molar-refractivity contribution in [3.05, 3.63) is 53.9 Å². The van der Waals surface area contributed by atoms with Crippen LogP contribution in [0.4, 0.5) is 5.69 Å². The summed E-state index contributed by atoms with van der Waals surface area (Å²) in [4.78, 5) is 18.4. The summed E-state index contributed by atoms with van der Waals surface area (Å²) in [6, 6.07) is 7.42. The van der Waals surface area contributed by atoms with Crippen LogP contribution < -0.4 is 10.5 Å². The van der Waals surface area contributed by atoms with Crippen LogP contribution in [0.25, 0.3) is 11.1 Å². The van der Waals surface area contributed by atoms with Crippen molar-refractivity contribution >= 4 is 11.6 Å². The minimum atomic E-state index is -0.184. The minimum Gasteiger partial charge on any atom is -0.495 e. The van der Waals surface area contributed by atoms with Gasteiger partial charge in [0.25, 0.3) is 5.91 Å². The molecule has 0 aliphatic carbocycles. The molecule has 0 atom stereocenters.